The Bertz CT molecular complexity index is 3370. The molecule has 0 amide bonds. The molecule has 3 aliphatic rings. The summed E-state index contributed by atoms with van der Waals surface area (Å²) in [4.78, 5) is 0. The van der Waals surface area contributed by atoms with Crippen molar-refractivity contribution in [1.82, 2.24) is 9.13 Å². The fraction of sp³-hybridized carbons (Fsp3) is 0.233. The molecule has 0 saturated carbocycles. The standard InChI is InChI=1S/C60H54N2/c1-59(2,3)43-25-17-37(18-26-43)39-23-31-53-49(33-39)51-35-41-21-30-48-56-42(22-29-47(55(41)56)57(51)61(53)45-13-9-7-10-14-45)36-52-50-34-40(38-19-27-44(28-20-38)60(4,5)6)24-32-54(50)62(58(48)52)46-15-11-8-12-16-46/h7,9-11,13-20,23-28,31-36H,8,12,21-22,29-30H2,1-6H3. The van der Waals surface area contributed by atoms with Crippen LogP contribution < -0.4 is 0 Å². The molecule has 0 N–H and O–H groups in total. The lowest BCUT2D eigenvalue weighted by Crippen LogP contribution is -2.16. The van der Waals surface area contributed by atoms with Crippen LogP contribution in [-0.4, -0.2) is 9.13 Å². The molecule has 0 spiro atoms. The lowest BCUT2D eigenvalue weighted by molar-refractivity contribution is 0.590. The van der Waals surface area contributed by atoms with Crippen LogP contribution in [0.2, 0.25) is 0 Å². The monoisotopic (exact) mass is 802 g/mol. The van der Waals surface area contributed by atoms with Crippen LogP contribution in [0.4, 0.5) is 0 Å². The van der Waals surface area contributed by atoms with Gasteiger partial charge in [-0.3, -0.25) is 0 Å². The highest BCUT2D eigenvalue weighted by atomic mass is 15.0. The summed E-state index contributed by atoms with van der Waals surface area (Å²) in [7, 11) is 0. The number of allylic oxidation sites excluding steroid dienone is 4. The van der Waals surface area contributed by atoms with Gasteiger partial charge < -0.3 is 9.13 Å². The Morgan fingerprint density at radius 3 is 1.40 bits per heavy atom. The molecule has 7 aromatic carbocycles. The second-order valence-corrected chi connectivity index (χ2v) is 20.3. The first-order valence-corrected chi connectivity index (χ1v) is 22.9. The summed E-state index contributed by atoms with van der Waals surface area (Å²) in [6.07, 6.45) is 13.5. The quantitative estimate of drug-likeness (QED) is 0.168. The van der Waals surface area contributed by atoms with Crippen LogP contribution in [0.1, 0.15) is 87.8 Å². The van der Waals surface area contributed by atoms with Crippen molar-refractivity contribution in [2.45, 2.75) is 90.9 Å². The molecule has 2 aromatic heterocycles. The molecule has 304 valence electrons. The third-order valence-corrected chi connectivity index (χ3v) is 14.4. The number of nitrogens with zero attached hydrogens (tertiary/aromatic N) is 2. The van der Waals surface area contributed by atoms with E-state index >= 15 is 0 Å². The number of hydrogen-bond acceptors (Lipinski definition) is 0. The van der Waals surface area contributed by atoms with Gasteiger partial charge in [0.1, 0.15) is 0 Å². The van der Waals surface area contributed by atoms with Crippen molar-refractivity contribution in [3.63, 3.8) is 0 Å². The van der Waals surface area contributed by atoms with E-state index in [0.29, 0.717) is 0 Å². The van der Waals surface area contributed by atoms with Crippen LogP contribution in [0, 0.1) is 0 Å². The zero-order valence-electron chi connectivity index (χ0n) is 37.0. The highest BCUT2D eigenvalue weighted by molar-refractivity contribution is 6.17. The van der Waals surface area contributed by atoms with E-state index in [2.05, 4.69) is 196 Å². The van der Waals surface area contributed by atoms with Gasteiger partial charge in [0.2, 0.25) is 0 Å². The second kappa shape index (κ2) is 13.6. The van der Waals surface area contributed by atoms with Gasteiger partial charge in [-0.15, -0.1) is 0 Å². The Hall–Kier alpha value is -6.38. The number of para-hydroxylation sites is 1. The van der Waals surface area contributed by atoms with Gasteiger partial charge in [0.15, 0.2) is 0 Å². The molecular formula is C60H54N2. The number of benzene rings is 7. The van der Waals surface area contributed by atoms with Gasteiger partial charge in [-0.1, -0.05) is 133 Å². The molecule has 0 atom stereocenters. The summed E-state index contributed by atoms with van der Waals surface area (Å²) in [6.45, 7) is 13.7. The zero-order chi connectivity index (χ0) is 42.1. The molecule has 0 saturated heterocycles. The van der Waals surface area contributed by atoms with Gasteiger partial charge in [0.05, 0.1) is 22.1 Å². The van der Waals surface area contributed by atoms with Crippen LogP contribution in [0.15, 0.2) is 146 Å². The molecular weight excluding hydrogens is 749 g/mol. The van der Waals surface area contributed by atoms with E-state index in [1.54, 1.807) is 0 Å². The van der Waals surface area contributed by atoms with Crippen molar-refractivity contribution in [2.75, 3.05) is 0 Å². The van der Waals surface area contributed by atoms with E-state index in [4.69, 9.17) is 0 Å². The maximum Gasteiger partial charge on any atom is 0.0579 e. The van der Waals surface area contributed by atoms with Crippen LogP contribution in [0.3, 0.4) is 0 Å². The number of hydrogen-bond donors (Lipinski definition) is 0. The summed E-state index contributed by atoms with van der Waals surface area (Å²) < 4.78 is 5.20. The molecule has 2 heteroatoms. The molecule has 0 unspecified atom stereocenters. The first kappa shape index (κ1) is 37.4. The third-order valence-electron chi connectivity index (χ3n) is 14.4. The van der Waals surface area contributed by atoms with Crippen LogP contribution in [-0.2, 0) is 36.5 Å². The van der Waals surface area contributed by atoms with Crippen molar-refractivity contribution >= 4 is 49.3 Å². The maximum absolute atomic E-state index is 2.62. The highest BCUT2D eigenvalue weighted by Crippen LogP contribution is 2.52. The molecule has 0 aliphatic heterocycles. The minimum Gasteiger partial charge on any atom is -0.309 e. The first-order valence-electron chi connectivity index (χ1n) is 22.9. The van der Waals surface area contributed by atoms with Crippen molar-refractivity contribution < 1.29 is 0 Å². The van der Waals surface area contributed by atoms with Gasteiger partial charge in [-0.2, -0.15) is 0 Å². The van der Waals surface area contributed by atoms with Crippen LogP contribution in [0.5, 0.6) is 0 Å². The average Bonchev–Trinajstić information content (AvgIpc) is 3.80. The molecule has 2 heterocycles. The van der Waals surface area contributed by atoms with Crippen molar-refractivity contribution in [1.29, 1.82) is 0 Å². The fourth-order valence-corrected chi connectivity index (χ4v) is 11.2. The van der Waals surface area contributed by atoms with Crippen molar-refractivity contribution in [3.8, 4) is 39.1 Å². The third kappa shape index (κ3) is 5.68. The SMILES string of the molecule is CC(C)(C)c1ccc(-c2ccc3c(c2)c2cc4c5c(c2n3C2=CCCC=C2)CCc2cc3c6cc(-c7ccc(C(C)(C)C)cc7)ccc6n(-c6ccccc6)c3c(c2-5)CC4)cc1. The van der Waals surface area contributed by atoms with E-state index in [0.717, 1.165) is 38.5 Å². The van der Waals surface area contributed by atoms with E-state index < -0.39 is 0 Å². The number of aryl methyl sites for hydroxylation is 4. The Morgan fingerprint density at radius 1 is 0.435 bits per heavy atom. The Morgan fingerprint density at radius 2 is 0.919 bits per heavy atom. The topological polar surface area (TPSA) is 9.86 Å². The molecule has 0 radical (unpaired) electrons. The molecule has 12 rings (SSSR count). The largest absolute Gasteiger partial charge is 0.309 e. The van der Waals surface area contributed by atoms with Crippen molar-refractivity contribution in [3.05, 3.63) is 179 Å². The molecule has 9 aromatic rings. The summed E-state index contributed by atoms with van der Waals surface area (Å²) in [5, 5.41) is 5.48. The van der Waals surface area contributed by atoms with Crippen molar-refractivity contribution in [2.24, 2.45) is 0 Å². The first-order chi connectivity index (χ1) is 30.0. The normalized spacial score (nSPS) is 14.9. The fourth-order valence-electron chi connectivity index (χ4n) is 11.2. The molecule has 0 bridgehead atoms. The van der Waals surface area contributed by atoms with Gasteiger partial charge in [-0.25, -0.2) is 0 Å². The van der Waals surface area contributed by atoms with Gasteiger partial charge in [0.25, 0.3) is 0 Å². The van der Waals surface area contributed by atoms with E-state index in [-0.39, 0.29) is 10.8 Å². The lowest BCUT2D eigenvalue weighted by atomic mass is 9.74. The van der Waals surface area contributed by atoms with E-state index in [9.17, 15) is 0 Å². The van der Waals surface area contributed by atoms with Crippen LogP contribution >= 0.6 is 0 Å². The Labute approximate surface area is 365 Å². The minimum atomic E-state index is 0.125. The van der Waals surface area contributed by atoms with E-state index in [1.807, 2.05) is 0 Å². The van der Waals surface area contributed by atoms with Gasteiger partial charge in [-0.05, 0) is 171 Å². The predicted molar refractivity (Wildman–Crippen MR) is 265 cm³/mol. The number of aromatic nitrogens is 2. The summed E-state index contributed by atoms with van der Waals surface area (Å²) >= 11 is 0. The lowest BCUT2D eigenvalue weighted by Gasteiger charge is -2.31. The van der Waals surface area contributed by atoms with Gasteiger partial charge in [0, 0.05) is 32.9 Å². The molecule has 0 fully saturated rings. The predicted octanol–water partition coefficient (Wildman–Crippen LogP) is 15.9. The Balaban J connectivity index is 1.10. The maximum atomic E-state index is 2.62. The Kier molecular flexibility index (Phi) is 8.18. The highest BCUT2D eigenvalue weighted by Gasteiger charge is 2.33. The smallest absolute Gasteiger partial charge is 0.0579 e. The zero-order valence-corrected chi connectivity index (χ0v) is 37.0. The summed E-state index contributed by atoms with van der Waals surface area (Å²) in [6, 6.07) is 49.2. The average molecular weight is 803 g/mol. The molecule has 3 aliphatic carbocycles. The van der Waals surface area contributed by atoms with Gasteiger partial charge >= 0.3 is 0 Å². The second-order valence-electron chi connectivity index (χ2n) is 20.3. The van der Waals surface area contributed by atoms with E-state index in [1.165, 1.54) is 122 Å². The minimum absolute atomic E-state index is 0.125. The number of rotatable bonds is 4. The number of fused-ring (bicyclic) bond motifs is 8. The summed E-state index contributed by atoms with van der Waals surface area (Å²) in [5.41, 5.74) is 25.1. The summed E-state index contributed by atoms with van der Waals surface area (Å²) in [5.74, 6) is 0. The van der Waals surface area contributed by atoms with Crippen LogP contribution in [0.25, 0.3) is 88.4 Å². The molecule has 2 nitrogen and oxygen atoms in total. The molecule has 62 heavy (non-hydrogen) atoms.